The zero-order valence-corrected chi connectivity index (χ0v) is 24.3. The molecule has 0 saturated heterocycles. The van der Waals surface area contributed by atoms with Crippen LogP contribution >= 0.6 is 11.6 Å². The number of nitrogens with one attached hydrogen (secondary N) is 3. The van der Waals surface area contributed by atoms with Crippen LogP contribution in [0.2, 0.25) is 5.02 Å². The molecule has 0 radical (unpaired) electrons. The molecule has 0 aliphatic heterocycles. The van der Waals surface area contributed by atoms with Crippen LogP contribution in [0.15, 0.2) is 67.4 Å². The first-order valence-electron chi connectivity index (χ1n) is 13.0. The number of carbonyl (C=O) groups excluding carboxylic acids is 1. The third kappa shape index (κ3) is 7.05. The summed E-state index contributed by atoms with van der Waals surface area (Å²) in [6.45, 7) is 9.27. The highest BCUT2D eigenvalue weighted by Gasteiger charge is 2.19. The van der Waals surface area contributed by atoms with Crippen LogP contribution in [-0.4, -0.2) is 60.0 Å². The monoisotopic (exact) mass is 558 g/mol. The van der Waals surface area contributed by atoms with Crippen LogP contribution in [0.3, 0.4) is 0 Å². The van der Waals surface area contributed by atoms with E-state index in [1.165, 1.54) is 6.08 Å². The molecule has 40 heavy (non-hydrogen) atoms. The second-order valence-corrected chi connectivity index (χ2v) is 10.5. The normalized spacial score (nSPS) is 11.1. The standard InChI is InChI=1S/C30H35ClN8O/c1-7-26(40)34-25-17-24(27(19(2)3)36-29(25)39(6)15-14-38(4)5)35-30-32-18-23(31)28(37-30)33-22-13-12-20-10-8-9-11-21(20)16-22/h7-13,16-19H,1,14-15H2,2-6H3,(H,34,40)(H2,32,33,35,37). The lowest BCUT2D eigenvalue weighted by atomic mass is 10.1. The van der Waals surface area contributed by atoms with Crippen molar-refractivity contribution in [2.45, 2.75) is 19.8 Å². The molecular weight excluding hydrogens is 524 g/mol. The Morgan fingerprint density at radius 1 is 1.00 bits per heavy atom. The van der Waals surface area contributed by atoms with Gasteiger partial charge in [0.15, 0.2) is 11.6 Å². The zero-order valence-electron chi connectivity index (χ0n) is 23.5. The van der Waals surface area contributed by atoms with Crippen LogP contribution in [-0.2, 0) is 4.79 Å². The molecule has 10 heteroatoms. The van der Waals surface area contributed by atoms with E-state index >= 15 is 0 Å². The summed E-state index contributed by atoms with van der Waals surface area (Å²) in [4.78, 5) is 30.4. The smallest absolute Gasteiger partial charge is 0.247 e. The van der Waals surface area contributed by atoms with Crippen molar-refractivity contribution >= 4 is 62.9 Å². The van der Waals surface area contributed by atoms with Crippen molar-refractivity contribution in [2.24, 2.45) is 0 Å². The molecule has 2 aromatic carbocycles. The van der Waals surface area contributed by atoms with Gasteiger partial charge in [-0.2, -0.15) is 4.98 Å². The van der Waals surface area contributed by atoms with Gasteiger partial charge in [-0.05, 0) is 55.1 Å². The van der Waals surface area contributed by atoms with Crippen molar-refractivity contribution in [1.82, 2.24) is 19.9 Å². The van der Waals surface area contributed by atoms with Gasteiger partial charge in [-0.3, -0.25) is 4.79 Å². The van der Waals surface area contributed by atoms with Crippen LogP contribution in [0, 0.1) is 0 Å². The molecule has 0 atom stereocenters. The van der Waals surface area contributed by atoms with Gasteiger partial charge in [0, 0.05) is 25.8 Å². The summed E-state index contributed by atoms with van der Waals surface area (Å²) in [5.74, 6) is 1.23. The van der Waals surface area contributed by atoms with E-state index in [4.69, 9.17) is 16.6 Å². The van der Waals surface area contributed by atoms with Crippen molar-refractivity contribution in [1.29, 1.82) is 0 Å². The van der Waals surface area contributed by atoms with Gasteiger partial charge in [0.05, 0.1) is 23.3 Å². The van der Waals surface area contributed by atoms with E-state index in [1.807, 2.05) is 62.4 Å². The van der Waals surface area contributed by atoms with E-state index in [0.29, 0.717) is 34.0 Å². The molecule has 0 fully saturated rings. The summed E-state index contributed by atoms with van der Waals surface area (Å²) < 4.78 is 0. The molecule has 208 valence electrons. The quantitative estimate of drug-likeness (QED) is 0.182. The minimum absolute atomic E-state index is 0.0788. The third-order valence-electron chi connectivity index (χ3n) is 6.27. The molecule has 0 unspecified atom stereocenters. The molecule has 2 heterocycles. The van der Waals surface area contributed by atoms with Crippen molar-refractivity contribution < 1.29 is 4.79 Å². The molecule has 3 N–H and O–H groups in total. The highest BCUT2D eigenvalue weighted by molar-refractivity contribution is 6.33. The fourth-order valence-corrected chi connectivity index (χ4v) is 4.26. The van der Waals surface area contributed by atoms with E-state index in [-0.39, 0.29) is 11.8 Å². The first-order valence-corrected chi connectivity index (χ1v) is 13.4. The Morgan fingerprint density at radius 2 is 1.75 bits per heavy atom. The number of likely N-dealkylation sites (N-methyl/N-ethyl adjacent to an activating group) is 2. The maximum absolute atomic E-state index is 12.3. The maximum atomic E-state index is 12.3. The predicted molar refractivity (Wildman–Crippen MR) is 167 cm³/mol. The Bertz CT molecular complexity index is 1520. The maximum Gasteiger partial charge on any atom is 0.247 e. The number of hydrogen-bond acceptors (Lipinski definition) is 8. The topological polar surface area (TPSA) is 98.3 Å². The Labute approximate surface area is 240 Å². The molecule has 4 rings (SSSR count). The molecule has 4 aromatic rings. The van der Waals surface area contributed by atoms with E-state index in [0.717, 1.165) is 35.2 Å². The number of anilines is 6. The first kappa shape index (κ1) is 28.8. The van der Waals surface area contributed by atoms with Crippen LogP contribution < -0.4 is 20.9 Å². The summed E-state index contributed by atoms with van der Waals surface area (Å²) in [6.07, 6.45) is 2.78. The molecule has 0 aliphatic rings. The van der Waals surface area contributed by atoms with Gasteiger partial charge in [0.1, 0.15) is 5.02 Å². The van der Waals surface area contributed by atoms with Gasteiger partial charge in [0.25, 0.3) is 0 Å². The molecule has 2 aromatic heterocycles. The number of rotatable bonds is 11. The largest absolute Gasteiger partial charge is 0.357 e. The van der Waals surface area contributed by atoms with Crippen LogP contribution in [0.1, 0.15) is 25.5 Å². The van der Waals surface area contributed by atoms with E-state index < -0.39 is 0 Å². The van der Waals surface area contributed by atoms with Crippen molar-refractivity contribution in [3.63, 3.8) is 0 Å². The van der Waals surface area contributed by atoms with Crippen LogP contribution in [0.4, 0.5) is 34.6 Å². The number of amides is 1. The second kappa shape index (κ2) is 12.8. The lowest BCUT2D eigenvalue weighted by Crippen LogP contribution is -2.30. The number of hydrogen-bond donors (Lipinski definition) is 3. The van der Waals surface area contributed by atoms with E-state index in [2.05, 4.69) is 63.4 Å². The third-order valence-corrected chi connectivity index (χ3v) is 6.55. The molecule has 9 nitrogen and oxygen atoms in total. The molecule has 0 bridgehead atoms. The SMILES string of the molecule is C=CC(=O)Nc1cc(Nc2ncc(Cl)c(Nc3ccc4ccccc4c3)n2)c(C(C)C)nc1N(C)CCN(C)C. The first-order chi connectivity index (χ1) is 19.1. The number of halogens is 1. The highest BCUT2D eigenvalue weighted by atomic mass is 35.5. The molecular formula is C30H35ClN8O. The summed E-state index contributed by atoms with van der Waals surface area (Å²) in [7, 11) is 5.99. The van der Waals surface area contributed by atoms with E-state index in [1.54, 1.807) is 6.20 Å². The number of carbonyl (C=O) groups is 1. The Hall–Kier alpha value is -4.21. The molecule has 0 aliphatic carbocycles. The number of aromatic nitrogens is 3. The number of fused-ring (bicyclic) bond motifs is 1. The Balaban J connectivity index is 1.68. The summed E-state index contributed by atoms with van der Waals surface area (Å²) in [5, 5.41) is 12.1. The lowest BCUT2D eigenvalue weighted by Gasteiger charge is -2.25. The molecule has 0 saturated carbocycles. The van der Waals surface area contributed by atoms with Crippen LogP contribution in [0.5, 0.6) is 0 Å². The van der Waals surface area contributed by atoms with Crippen molar-refractivity contribution in [3.05, 3.63) is 78.1 Å². The van der Waals surface area contributed by atoms with Gasteiger partial charge < -0.3 is 25.8 Å². The van der Waals surface area contributed by atoms with E-state index in [9.17, 15) is 4.79 Å². The van der Waals surface area contributed by atoms with Crippen molar-refractivity contribution in [2.75, 3.05) is 55.1 Å². The van der Waals surface area contributed by atoms with Gasteiger partial charge >= 0.3 is 0 Å². The highest BCUT2D eigenvalue weighted by Crippen LogP contribution is 2.34. The summed E-state index contributed by atoms with van der Waals surface area (Å²) in [6, 6.07) is 16.1. The Kier molecular flexibility index (Phi) is 9.19. The average molecular weight is 559 g/mol. The molecule has 1 amide bonds. The number of pyridine rings is 1. The number of nitrogens with zero attached hydrogens (tertiary/aromatic N) is 5. The number of benzene rings is 2. The fraction of sp³-hybridized carbons (Fsp3) is 0.267. The van der Waals surface area contributed by atoms with Gasteiger partial charge in [-0.25, -0.2) is 9.97 Å². The minimum Gasteiger partial charge on any atom is -0.357 e. The van der Waals surface area contributed by atoms with Gasteiger partial charge in [-0.15, -0.1) is 0 Å². The summed E-state index contributed by atoms with van der Waals surface area (Å²) in [5.41, 5.74) is 2.90. The average Bonchev–Trinajstić information content (AvgIpc) is 2.93. The second-order valence-electron chi connectivity index (χ2n) is 10.1. The fourth-order valence-electron chi connectivity index (χ4n) is 4.12. The Morgan fingerprint density at radius 3 is 2.45 bits per heavy atom. The van der Waals surface area contributed by atoms with Gasteiger partial charge in [-0.1, -0.05) is 62.4 Å². The van der Waals surface area contributed by atoms with Gasteiger partial charge in [0.2, 0.25) is 11.9 Å². The minimum atomic E-state index is -0.322. The van der Waals surface area contributed by atoms with Crippen LogP contribution in [0.25, 0.3) is 10.8 Å². The lowest BCUT2D eigenvalue weighted by molar-refractivity contribution is -0.111. The summed E-state index contributed by atoms with van der Waals surface area (Å²) >= 11 is 6.46. The zero-order chi connectivity index (χ0) is 28.8. The predicted octanol–water partition coefficient (Wildman–Crippen LogP) is 6.41. The van der Waals surface area contributed by atoms with Crippen molar-refractivity contribution in [3.8, 4) is 0 Å². The molecule has 0 spiro atoms.